The fourth-order valence-electron chi connectivity index (χ4n) is 3.53. The van der Waals surface area contributed by atoms with Crippen LogP contribution >= 0.6 is 0 Å². The van der Waals surface area contributed by atoms with Crippen LogP contribution in [0.5, 0.6) is 0 Å². The van der Waals surface area contributed by atoms with E-state index in [1.807, 2.05) is 17.0 Å². The SMILES string of the molecule is O=C(CCc1ccncc1)NCCCN1CCN(c2cccc(C(F)(F)F)c2)CC1. The molecule has 162 valence electrons. The standard InChI is InChI=1S/C22H27F3N4O/c23-22(24,25)19-3-1-4-20(17-19)29-15-13-28(14-16-29)12-2-9-27-21(30)6-5-18-7-10-26-11-8-18/h1,3-4,7-8,10-11,17H,2,5-6,9,12-16H2,(H,27,30). The van der Waals surface area contributed by atoms with Gasteiger partial charge in [-0.3, -0.25) is 14.7 Å². The highest BCUT2D eigenvalue weighted by Crippen LogP contribution is 2.31. The van der Waals surface area contributed by atoms with Gasteiger partial charge in [-0.25, -0.2) is 0 Å². The summed E-state index contributed by atoms with van der Waals surface area (Å²) in [7, 11) is 0. The third kappa shape index (κ3) is 6.73. The number of hydrogen-bond acceptors (Lipinski definition) is 4. The monoisotopic (exact) mass is 420 g/mol. The summed E-state index contributed by atoms with van der Waals surface area (Å²) in [4.78, 5) is 20.2. The molecule has 5 nitrogen and oxygen atoms in total. The number of pyridine rings is 1. The lowest BCUT2D eigenvalue weighted by Crippen LogP contribution is -2.47. The Kier molecular flexibility index (Phi) is 7.68. The quantitative estimate of drug-likeness (QED) is 0.666. The molecule has 1 N–H and O–H groups in total. The molecule has 1 saturated heterocycles. The van der Waals surface area contributed by atoms with E-state index in [4.69, 9.17) is 0 Å². The highest BCUT2D eigenvalue weighted by atomic mass is 19.4. The Labute approximate surface area is 174 Å². The van der Waals surface area contributed by atoms with Gasteiger partial charge in [0.05, 0.1) is 5.56 Å². The maximum absolute atomic E-state index is 12.9. The van der Waals surface area contributed by atoms with Gasteiger partial charge >= 0.3 is 6.18 Å². The second-order valence-electron chi connectivity index (χ2n) is 7.44. The number of aryl methyl sites for hydroxylation is 1. The molecule has 2 aromatic rings. The number of anilines is 1. The number of rotatable bonds is 8. The third-order valence-electron chi connectivity index (χ3n) is 5.27. The van der Waals surface area contributed by atoms with E-state index < -0.39 is 11.7 Å². The first-order valence-electron chi connectivity index (χ1n) is 10.2. The van der Waals surface area contributed by atoms with Gasteiger partial charge in [0.25, 0.3) is 0 Å². The maximum Gasteiger partial charge on any atom is 0.416 e. The van der Waals surface area contributed by atoms with Gasteiger partial charge in [-0.15, -0.1) is 0 Å². The number of amides is 1. The Hall–Kier alpha value is -2.61. The van der Waals surface area contributed by atoms with Crippen LogP contribution in [0, 0.1) is 0 Å². The van der Waals surface area contributed by atoms with E-state index >= 15 is 0 Å². The van der Waals surface area contributed by atoms with Crippen molar-refractivity contribution < 1.29 is 18.0 Å². The lowest BCUT2D eigenvalue weighted by Gasteiger charge is -2.36. The van der Waals surface area contributed by atoms with Gasteiger partial charge in [-0.2, -0.15) is 13.2 Å². The van der Waals surface area contributed by atoms with Crippen molar-refractivity contribution in [3.8, 4) is 0 Å². The van der Waals surface area contributed by atoms with Crippen LogP contribution in [-0.2, 0) is 17.4 Å². The zero-order chi connectivity index (χ0) is 21.4. The van der Waals surface area contributed by atoms with Gasteiger partial charge in [-0.1, -0.05) is 6.07 Å². The fourth-order valence-corrected chi connectivity index (χ4v) is 3.53. The molecule has 0 saturated carbocycles. The van der Waals surface area contributed by atoms with Crippen LogP contribution in [-0.4, -0.2) is 55.1 Å². The minimum absolute atomic E-state index is 0.0428. The van der Waals surface area contributed by atoms with E-state index in [1.54, 1.807) is 18.5 Å². The molecule has 3 rings (SSSR count). The van der Waals surface area contributed by atoms with Crippen molar-refractivity contribution in [2.45, 2.75) is 25.4 Å². The van der Waals surface area contributed by atoms with Gasteiger partial charge in [0.1, 0.15) is 0 Å². The Morgan fingerprint density at radius 1 is 1.07 bits per heavy atom. The Bertz CT molecular complexity index is 806. The normalized spacial score (nSPS) is 15.2. The molecule has 1 fully saturated rings. The first kappa shape index (κ1) is 22.1. The van der Waals surface area contributed by atoms with Crippen LogP contribution in [0.1, 0.15) is 24.0 Å². The summed E-state index contributed by atoms with van der Waals surface area (Å²) < 4.78 is 38.7. The van der Waals surface area contributed by atoms with E-state index in [1.165, 1.54) is 12.1 Å². The predicted octanol–water partition coefficient (Wildman–Crippen LogP) is 3.36. The molecule has 0 unspecified atom stereocenters. The first-order valence-corrected chi connectivity index (χ1v) is 10.2. The molecule has 1 amide bonds. The number of halogens is 3. The molecule has 2 heterocycles. The lowest BCUT2D eigenvalue weighted by molar-refractivity contribution is -0.137. The number of piperazine rings is 1. The number of carbonyl (C=O) groups is 1. The molecule has 0 aliphatic carbocycles. The van der Waals surface area contributed by atoms with Crippen LogP contribution in [0.25, 0.3) is 0 Å². The summed E-state index contributed by atoms with van der Waals surface area (Å²) in [6, 6.07) is 9.33. The van der Waals surface area contributed by atoms with Crippen molar-refractivity contribution in [3.05, 3.63) is 59.9 Å². The number of aromatic nitrogens is 1. The summed E-state index contributed by atoms with van der Waals surface area (Å²) in [5.41, 5.74) is 1.10. The predicted molar refractivity (Wildman–Crippen MR) is 110 cm³/mol. The summed E-state index contributed by atoms with van der Waals surface area (Å²) in [5.74, 6) is 0.0428. The van der Waals surface area contributed by atoms with E-state index in [0.717, 1.165) is 37.7 Å². The molecule has 0 atom stereocenters. The van der Waals surface area contributed by atoms with Gasteiger partial charge in [0.15, 0.2) is 0 Å². The van der Waals surface area contributed by atoms with Crippen LogP contribution in [0.3, 0.4) is 0 Å². The number of alkyl halides is 3. The number of nitrogens with zero attached hydrogens (tertiary/aromatic N) is 3. The minimum atomic E-state index is -4.32. The molecule has 0 radical (unpaired) electrons. The van der Waals surface area contributed by atoms with Gasteiger partial charge in [-0.05, 0) is 55.3 Å². The summed E-state index contributed by atoms with van der Waals surface area (Å²) in [6.07, 6.45) is 1.14. The van der Waals surface area contributed by atoms with E-state index in [-0.39, 0.29) is 5.91 Å². The molecule has 1 aromatic carbocycles. The number of benzene rings is 1. The average Bonchev–Trinajstić information content (AvgIpc) is 2.76. The molecule has 1 aliphatic heterocycles. The van der Waals surface area contributed by atoms with Crippen molar-refractivity contribution in [1.82, 2.24) is 15.2 Å². The second kappa shape index (κ2) is 10.4. The average molecular weight is 420 g/mol. The smallest absolute Gasteiger partial charge is 0.369 e. The van der Waals surface area contributed by atoms with Crippen molar-refractivity contribution in [1.29, 1.82) is 0 Å². The Balaban J connectivity index is 1.32. The first-order chi connectivity index (χ1) is 14.4. The van der Waals surface area contributed by atoms with E-state index in [9.17, 15) is 18.0 Å². The topological polar surface area (TPSA) is 48.5 Å². The number of carbonyl (C=O) groups excluding carboxylic acids is 1. The van der Waals surface area contributed by atoms with Crippen molar-refractivity contribution in [2.24, 2.45) is 0 Å². The lowest BCUT2D eigenvalue weighted by atomic mass is 10.1. The molecule has 30 heavy (non-hydrogen) atoms. The zero-order valence-corrected chi connectivity index (χ0v) is 16.9. The van der Waals surface area contributed by atoms with Gasteiger partial charge < -0.3 is 10.2 Å². The van der Waals surface area contributed by atoms with Crippen LogP contribution in [0.4, 0.5) is 18.9 Å². The molecule has 8 heteroatoms. The zero-order valence-electron chi connectivity index (χ0n) is 16.9. The van der Waals surface area contributed by atoms with Gasteiger partial charge in [0, 0.05) is 57.2 Å². The maximum atomic E-state index is 12.9. The number of hydrogen-bond donors (Lipinski definition) is 1. The molecule has 1 aromatic heterocycles. The Morgan fingerprint density at radius 3 is 2.50 bits per heavy atom. The molecule has 1 aliphatic rings. The van der Waals surface area contributed by atoms with Crippen molar-refractivity contribution in [2.75, 3.05) is 44.2 Å². The van der Waals surface area contributed by atoms with Crippen LogP contribution < -0.4 is 10.2 Å². The molecular weight excluding hydrogens is 393 g/mol. The Morgan fingerprint density at radius 2 is 1.80 bits per heavy atom. The second-order valence-corrected chi connectivity index (χ2v) is 7.44. The van der Waals surface area contributed by atoms with E-state index in [2.05, 4.69) is 15.2 Å². The van der Waals surface area contributed by atoms with E-state index in [0.29, 0.717) is 38.2 Å². The van der Waals surface area contributed by atoms with Crippen LogP contribution in [0.15, 0.2) is 48.8 Å². The number of nitrogens with one attached hydrogen (secondary N) is 1. The summed E-state index contributed by atoms with van der Waals surface area (Å²) in [6.45, 7) is 4.47. The van der Waals surface area contributed by atoms with Crippen molar-refractivity contribution >= 4 is 11.6 Å². The molecule has 0 spiro atoms. The third-order valence-corrected chi connectivity index (χ3v) is 5.27. The minimum Gasteiger partial charge on any atom is -0.369 e. The van der Waals surface area contributed by atoms with Crippen molar-refractivity contribution in [3.63, 3.8) is 0 Å². The highest BCUT2D eigenvalue weighted by molar-refractivity contribution is 5.76. The molecule has 0 bridgehead atoms. The van der Waals surface area contributed by atoms with Gasteiger partial charge in [0.2, 0.25) is 5.91 Å². The summed E-state index contributed by atoms with van der Waals surface area (Å²) >= 11 is 0. The fraction of sp³-hybridized carbons (Fsp3) is 0.455. The summed E-state index contributed by atoms with van der Waals surface area (Å²) in [5, 5.41) is 2.95. The highest BCUT2D eigenvalue weighted by Gasteiger charge is 2.31. The largest absolute Gasteiger partial charge is 0.416 e. The molecular formula is C22H27F3N4O. The van der Waals surface area contributed by atoms with Crippen LogP contribution in [0.2, 0.25) is 0 Å².